The normalized spacial score (nSPS) is 11.2. The highest BCUT2D eigenvalue weighted by molar-refractivity contribution is 6.30. The Balaban J connectivity index is 1.87. The third kappa shape index (κ3) is 4.48. The number of carboxylic acids is 1. The lowest BCUT2D eigenvalue weighted by Crippen LogP contribution is -2.07. The fourth-order valence-electron chi connectivity index (χ4n) is 4.66. The number of fused-ring (bicyclic) bond motifs is 1. The van der Waals surface area contributed by atoms with Crippen molar-refractivity contribution < 1.29 is 23.9 Å². The number of rotatable bonds is 8. The van der Waals surface area contributed by atoms with Crippen LogP contribution in [-0.4, -0.2) is 39.0 Å². The summed E-state index contributed by atoms with van der Waals surface area (Å²) in [5.41, 5.74) is 6.34. The molecule has 5 aromatic rings. The first-order valence-corrected chi connectivity index (χ1v) is 12.6. The van der Waals surface area contributed by atoms with Crippen LogP contribution in [0.2, 0.25) is 5.02 Å². The molecule has 0 radical (unpaired) electrons. The average Bonchev–Trinajstić information content (AvgIpc) is 3.43. The van der Waals surface area contributed by atoms with Crippen molar-refractivity contribution in [2.24, 2.45) is 0 Å². The summed E-state index contributed by atoms with van der Waals surface area (Å²) in [4.78, 5) is 16.7. The number of aromatic nitrogens is 3. The van der Waals surface area contributed by atoms with Crippen LogP contribution in [0.4, 0.5) is 0 Å². The van der Waals surface area contributed by atoms with E-state index in [1.54, 1.807) is 6.20 Å². The molecular formula is C29H26ClN3O5. The molecule has 0 aliphatic rings. The summed E-state index contributed by atoms with van der Waals surface area (Å²) in [6, 6.07) is 12.6. The molecule has 0 atom stereocenters. The van der Waals surface area contributed by atoms with E-state index in [1.165, 1.54) is 12.1 Å². The van der Waals surface area contributed by atoms with E-state index in [1.807, 2.05) is 68.8 Å². The average molecular weight is 532 g/mol. The predicted octanol–water partition coefficient (Wildman–Crippen LogP) is 7.11. The van der Waals surface area contributed by atoms with E-state index >= 15 is 0 Å². The Morgan fingerprint density at radius 2 is 1.76 bits per heavy atom. The molecule has 0 spiro atoms. The van der Waals surface area contributed by atoms with Crippen molar-refractivity contribution in [3.8, 4) is 39.4 Å². The molecule has 0 bridgehead atoms. The summed E-state index contributed by atoms with van der Waals surface area (Å²) in [6.45, 7) is 8.12. The Morgan fingerprint density at radius 3 is 2.34 bits per heavy atom. The second kappa shape index (κ2) is 10.2. The minimum atomic E-state index is -1.07. The summed E-state index contributed by atoms with van der Waals surface area (Å²) < 4.78 is 19.3. The van der Waals surface area contributed by atoms with Gasteiger partial charge in [-0.1, -0.05) is 28.9 Å². The van der Waals surface area contributed by atoms with Crippen molar-refractivity contribution in [1.29, 1.82) is 0 Å². The van der Waals surface area contributed by atoms with Gasteiger partial charge in [-0.3, -0.25) is 4.98 Å². The molecule has 2 aromatic carbocycles. The molecule has 3 aromatic heterocycles. The van der Waals surface area contributed by atoms with E-state index in [4.69, 9.17) is 30.6 Å². The molecule has 0 aliphatic carbocycles. The van der Waals surface area contributed by atoms with E-state index in [-0.39, 0.29) is 5.56 Å². The molecule has 0 saturated heterocycles. The van der Waals surface area contributed by atoms with Gasteiger partial charge in [0.2, 0.25) is 0 Å². The largest absolute Gasteiger partial charge is 0.492 e. The molecular weight excluding hydrogens is 506 g/mol. The zero-order valence-electron chi connectivity index (χ0n) is 21.4. The van der Waals surface area contributed by atoms with Crippen LogP contribution >= 0.6 is 11.6 Å². The Hall–Kier alpha value is -4.30. The summed E-state index contributed by atoms with van der Waals surface area (Å²) in [6.07, 6.45) is 3.74. The second-order valence-electron chi connectivity index (χ2n) is 8.71. The van der Waals surface area contributed by atoms with Crippen molar-refractivity contribution >= 4 is 28.6 Å². The minimum Gasteiger partial charge on any atom is -0.492 e. The van der Waals surface area contributed by atoms with Crippen molar-refractivity contribution in [1.82, 2.24) is 14.7 Å². The zero-order valence-corrected chi connectivity index (χ0v) is 22.2. The van der Waals surface area contributed by atoms with E-state index in [9.17, 15) is 9.90 Å². The minimum absolute atomic E-state index is 0.0710. The molecule has 38 heavy (non-hydrogen) atoms. The lowest BCUT2D eigenvalue weighted by molar-refractivity contribution is 0.0695. The summed E-state index contributed by atoms with van der Waals surface area (Å²) in [5.74, 6) is 0.381. The molecule has 1 N–H and O–H groups in total. The maximum Gasteiger partial charge on any atom is 0.335 e. The maximum absolute atomic E-state index is 11.9. The van der Waals surface area contributed by atoms with Gasteiger partial charge in [-0.15, -0.1) is 0 Å². The van der Waals surface area contributed by atoms with Gasteiger partial charge >= 0.3 is 5.97 Å². The quantitative estimate of drug-likeness (QED) is 0.227. The number of aromatic carboxylic acids is 1. The number of carbonyl (C=O) groups is 1. The summed E-state index contributed by atoms with van der Waals surface area (Å²) in [7, 11) is 0. The number of aryl methyl sites for hydroxylation is 2. The zero-order chi connectivity index (χ0) is 27.0. The second-order valence-corrected chi connectivity index (χ2v) is 9.14. The standard InChI is InChI=1S/C29H26ClN3O5/c1-5-36-24-12-19(29(34)35)13-25(37-6-2)28(24)33-15-22(18-8-7-9-21(30)10-18)27-23(33)11-20(14-31-27)26-16(3)32-38-17(26)4/h7-15H,5-6H2,1-4H3,(H,34,35). The van der Waals surface area contributed by atoms with Crippen LogP contribution in [0.1, 0.15) is 35.7 Å². The van der Waals surface area contributed by atoms with Gasteiger partial charge < -0.3 is 23.7 Å². The van der Waals surface area contributed by atoms with Gasteiger partial charge in [-0.2, -0.15) is 0 Å². The Labute approximate surface area is 224 Å². The maximum atomic E-state index is 11.9. The third-order valence-electron chi connectivity index (χ3n) is 6.23. The van der Waals surface area contributed by atoms with Gasteiger partial charge in [0.05, 0.1) is 35.5 Å². The summed E-state index contributed by atoms with van der Waals surface area (Å²) >= 11 is 6.34. The van der Waals surface area contributed by atoms with E-state index in [0.717, 1.165) is 39.0 Å². The van der Waals surface area contributed by atoms with Crippen molar-refractivity contribution in [3.63, 3.8) is 0 Å². The fourth-order valence-corrected chi connectivity index (χ4v) is 4.85. The Morgan fingerprint density at radius 1 is 1.05 bits per heavy atom. The first-order chi connectivity index (χ1) is 18.3. The van der Waals surface area contributed by atoms with Gasteiger partial charge in [0, 0.05) is 34.1 Å². The smallest absolute Gasteiger partial charge is 0.335 e. The van der Waals surface area contributed by atoms with Crippen LogP contribution in [0.5, 0.6) is 11.5 Å². The van der Waals surface area contributed by atoms with Crippen LogP contribution < -0.4 is 9.47 Å². The monoisotopic (exact) mass is 531 g/mol. The highest BCUT2D eigenvalue weighted by Gasteiger charge is 2.23. The van der Waals surface area contributed by atoms with Crippen LogP contribution in [0.15, 0.2) is 59.4 Å². The molecule has 5 rings (SSSR count). The first-order valence-electron chi connectivity index (χ1n) is 12.2. The number of benzene rings is 2. The number of ether oxygens (including phenoxy) is 2. The van der Waals surface area contributed by atoms with Gasteiger partial charge in [0.1, 0.15) is 22.9 Å². The molecule has 0 fully saturated rings. The highest BCUT2D eigenvalue weighted by atomic mass is 35.5. The first kappa shape index (κ1) is 25.4. The summed E-state index contributed by atoms with van der Waals surface area (Å²) in [5, 5.41) is 14.4. The highest BCUT2D eigenvalue weighted by Crippen LogP contribution is 2.41. The number of pyridine rings is 1. The van der Waals surface area contributed by atoms with Gasteiger partial charge in [-0.05, 0) is 63.6 Å². The van der Waals surface area contributed by atoms with Crippen molar-refractivity contribution in [3.05, 3.63) is 76.9 Å². The lowest BCUT2D eigenvalue weighted by atomic mass is 10.0. The predicted molar refractivity (Wildman–Crippen MR) is 146 cm³/mol. The van der Waals surface area contributed by atoms with Crippen LogP contribution in [0.3, 0.4) is 0 Å². The number of hydrogen-bond donors (Lipinski definition) is 1. The molecule has 3 heterocycles. The number of hydrogen-bond acceptors (Lipinski definition) is 6. The molecule has 9 heteroatoms. The number of carboxylic acid groups (broad SMARTS) is 1. The van der Waals surface area contributed by atoms with Gasteiger partial charge in [-0.25, -0.2) is 4.79 Å². The molecule has 0 unspecified atom stereocenters. The number of nitrogens with zero attached hydrogens (tertiary/aromatic N) is 3. The Bertz CT molecular complexity index is 1620. The molecule has 0 aliphatic heterocycles. The SMILES string of the molecule is CCOc1cc(C(=O)O)cc(OCC)c1-n1cc(-c2cccc(Cl)c2)c2ncc(-c3c(C)noc3C)cc21. The molecule has 0 amide bonds. The van der Waals surface area contributed by atoms with Crippen LogP contribution in [0, 0.1) is 13.8 Å². The molecule has 8 nitrogen and oxygen atoms in total. The topological polar surface area (TPSA) is 99.6 Å². The Kier molecular flexibility index (Phi) is 6.82. The van der Waals surface area contributed by atoms with Gasteiger partial charge in [0.25, 0.3) is 0 Å². The van der Waals surface area contributed by atoms with Crippen molar-refractivity contribution in [2.45, 2.75) is 27.7 Å². The third-order valence-corrected chi connectivity index (χ3v) is 6.46. The van der Waals surface area contributed by atoms with E-state index in [0.29, 0.717) is 41.2 Å². The number of halogens is 1. The van der Waals surface area contributed by atoms with Crippen molar-refractivity contribution in [2.75, 3.05) is 13.2 Å². The van der Waals surface area contributed by atoms with E-state index < -0.39 is 5.97 Å². The van der Waals surface area contributed by atoms with Crippen LogP contribution in [-0.2, 0) is 0 Å². The van der Waals surface area contributed by atoms with Crippen LogP contribution in [0.25, 0.3) is 39.0 Å². The molecule has 0 saturated carbocycles. The van der Waals surface area contributed by atoms with Gasteiger partial charge in [0.15, 0.2) is 0 Å². The lowest BCUT2D eigenvalue weighted by Gasteiger charge is -2.18. The molecule has 194 valence electrons. The van der Waals surface area contributed by atoms with E-state index in [2.05, 4.69) is 5.16 Å². The fraction of sp³-hybridized carbons (Fsp3) is 0.207.